The van der Waals surface area contributed by atoms with E-state index >= 15 is 0 Å². The largest absolute Gasteiger partial charge is 0.352 e. The predicted octanol–water partition coefficient (Wildman–Crippen LogP) is 0.574. The zero-order valence-electron chi connectivity index (χ0n) is 13.6. The van der Waals surface area contributed by atoms with Gasteiger partial charge in [0.05, 0.1) is 17.4 Å². The second-order valence-corrected chi connectivity index (χ2v) is 9.68. The van der Waals surface area contributed by atoms with E-state index in [0.717, 1.165) is 12.8 Å². The lowest BCUT2D eigenvalue weighted by atomic mass is 9.91. The number of likely N-dealkylation sites (tertiary alicyclic amines) is 1. The number of hydrogen-bond acceptors (Lipinski definition) is 4. The first-order valence-corrected chi connectivity index (χ1v) is 9.71. The van der Waals surface area contributed by atoms with Gasteiger partial charge < -0.3 is 10.2 Å². The molecule has 2 rings (SSSR count). The summed E-state index contributed by atoms with van der Waals surface area (Å²) in [6.45, 7) is 6.76. The number of carbonyl (C=O) groups is 2. The van der Waals surface area contributed by atoms with E-state index in [-0.39, 0.29) is 35.3 Å². The Kier molecular flexibility index (Phi) is 4.84. The average Bonchev–Trinajstić information content (AvgIpc) is 2.76. The van der Waals surface area contributed by atoms with Gasteiger partial charge in [-0.1, -0.05) is 20.8 Å². The molecule has 22 heavy (non-hydrogen) atoms. The Hall–Kier alpha value is -1.11. The fourth-order valence-electron chi connectivity index (χ4n) is 3.08. The van der Waals surface area contributed by atoms with Crippen molar-refractivity contribution in [3.63, 3.8) is 0 Å². The number of rotatable bonds is 2. The molecule has 0 saturated carbocycles. The van der Waals surface area contributed by atoms with Crippen LogP contribution in [0.25, 0.3) is 0 Å². The van der Waals surface area contributed by atoms with Crippen LogP contribution in [-0.2, 0) is 19.4 Å². The molecule has 2 heterocycles. The highest BCUT2D eigenvalue weighted by Crippen LogP contribution is 2.24. The third-order valence-electron chi connectivity index (χ3n) is 4.30. The van der Waals surface area contributed by atoms with Crippen molar-refractivity contribution >= 4 is 21.7 Å². The Bertz CT molecular complexity index is 550. The Balaban J connectivity index is 1.92. The standard InChI is InChI=1S/C15H26N2O4S/c1-15(2,3)14(19)17-7-4-5-11(9-17)13(18)16-12-6-8-22(20,21)10-12/h11-12H,4-10H2,1-3H3,(H,16,18). The van der Waals surface area contributed by atoms with Crippen molar-refractivity contribution < 1.29 is 18.0 Å². The van der Waals surface area contributed by atoms with Crippen LogP contribution in [-0.4, -0.2) is 55.8 Å². The number of hydrogen-bond donors (Lipinski definition) is 1. The SMILES string of the molecule is CC(C)(C)C(=O)N1CCCC(C(=O)NC2CCS(=O)(=O)C2)C1. The molecule has 2 amide bonds. The highest BCUT2D eigenvalue weighted by Gasteiger charge is 2.35. The van der Waals surface area contributed by atoms with Gasteiger partial charge in [-0.2, -0.15) is 0 Å². The first-order chi connectivity index (χ1) is 10.1. The zero-order valence-corrected chi connectivity index (χ0v) is 14.4. The molecule has 0 aromatic carbocycles. The Morgan fingerprint density at radius 1 is 1.18 bits per heavy atom. The summed E-state index contributed by atoms with van der Waals surface area (Å²) in [4.78, 5) is 26.4. The van der Waals surface area contributed by atoms with Crippen molar-refractivity contribution in [2.45, 2.75) is 46.1 Å². The van der Waals surface area contributed by atoms with E-state index in [4.69, 9.17) is 0 Å². The minimum absolute atomic E-state index is 0.0378. The van der Waals surface area contributed by atoms with E-state index in [1.165, 1.54) is 0 Å². The molecule has 0 aliphatic carbocycles. The summed E-state index contributed by atoms with van der Waals surface area (Å²) in [5.74, 6) is -0.0989. The molecule has 0 bridgehead atoms. The number of amides is 2. The fraction of sp³-hybridized carbons (Fsp3) is 0.867. The lowest BCUT2D eigenvalue weighted by molar-refractivity contribution is -0.142. The monoisotopic (exact) mass is 330 g/mol. The first-order valence-electron chi connectivity index (χ1n) is 7.89. The second kappa shape index (κ2) is 6.18. The molecule has 0 aromatic rings. The third kappa shape index (κ3) is 4.21. The highest BCUT2D eigenvalue weighted by atomic mass is 32.2. The summed E-state index contributed by atoms with van der Waals surface area (Å²) in [5, 5.41) is 2.85. The molecule has 2 atom stereocenters. The van der Waals surface area contributed by atoms with E-state index in [2.05, 4.69) is 5.32 Å². The van der Waals surface area contributed by atoms with Crippen LogP contribution in [0.4, 0.5) is 0 Å². The van der Waals surface area contributed by atoms with E-state index in [9.17, 15) is 18.0 Å². The summed E-state index contributed by atoms with van der Waals surface area (Å²) >= 11 is 0. The molecule has 2 saturated heterocycles. The molecule has 2 aliphatic heterocycles. The lowest BCUT2D eigenvalue weighted by Gasteiger charge is -2.36. The minimum Gasteiger partial charge on any atom is -0.352 e. The fourth-order valence-corrected chi connectivity index (χ4v) is 4.75. The number of nitrogens with one attached hydrogen (secondary N) is 1. The van der Waals surface area contributed by atoms with Gasteiger partial charge in [-0.05, 0) is 19.3 Å². The van der Waals surface area contributed by atoms with Gasteiger partial charge in [-0.3, -0.25) is 9.59 Å². The van der Waals surface area contributed by atoms with E-state index in [1.54, 1.807) is 4.90 Å². The maximum Gasteiger partial charge on any atom is 0.227 e. The maximum atomic E-state index is 12.3. The van der Waals surface area contributed by atoms with Gasteiger partial charge in [0, 0.05) is 24.5 Å². The van der Waals surface area contributed by atoms with Gasteiger partial charge >= 0.3 is 0 Å². The summed E-state index contributed by atoms with van der Waals surface area (Å²) in [7, 11) is -2.99. The van der Waals surface area contributed by atoms with Crippen molar-refractivity contribution in [2.75, 3.05) is 24.6 Å². The van der Waals surface area contributed by atoms with Crippen LogP contribution in [0.2, 0.25) is 0 Å². The maximum absolute atomic E-state index is 12.3. The van der Waals surface area contributed by atoms with E-state index in [1.807, 2.05) is 20.8 Å². The van der Waals surface area contributed by atoms with Gasteiger partial charge in [0.25, 0.3) is 0 Å². The molecule has 1 N–H and O–H groups in total. The predicted molar refractivity (Wildman–Crippen MR) is 84.0 cm³/mol. The minimum atomic E-state index is -2.99. The zero-order chi connectivity index (χ0) is 16.5. The highest BCUT2D eigenvalue weighted by molar-refractivity contribution is 7.91. The van der Waals surface area contributed by atoms with Crippen LogP contribution >= 0.6 is 0 Å². The Morgan fingerprint density at radius 2 is 1.86 bits per heavy atom. The molecular weight excluding hydrogens is 304 g/mol. The van der Waals surface area contributed by atoms with Gasteiger partial charge in [0.15, 0.2) is 9.84 Å². The normalized spacial score (nSPS) is 28.4. The number of piperidine rings is 1. The molecule has 6 nitrogen and oxygen atoms in total. The Labute approximate surface area is 132 Å². The Morgan fingerprint density at radius 3 is 2.41 bits per heavy atom. The molecule has 7 heteroatoms. The molecule has 2 aliphatic rings. The van der Waals surface area contributed by atoms with E-state index < -0.39 is 15.3 Å². The molecular formula is C15H26N2O4S. The summed E-state index contributed by atoms with van der Waals surface area (Å²) in [6, 6.07) is -0.272. The third-order valence-corrected chi connectivity index (χ3v) is 6.07. The molecule has 0 spiro atoms. The van der Waals surface area contributed by atoms with Crippen molar-refractivity contribution in [2.24, 2.45) is 11.3 Å². The lowest BCUT2D eigenvalue weighted by Crippen LogP contribution is -2.50. The number of carbonyl (C=O) groups excluding carboxylic acids is 2. The molecule has 2 fully saturated rings. The summed E-state index contributed by atoms with van der Waals surface area (Å²) in [5.41, 5.74) is -0.447. The van der Waals surface area contributed by atoms with Crippen LogP contribution < -0.4 is 5.32 Å². The quantitative estimate of drug-likeness (QED) is 0.802. The van der Waals surface area contributed by atoms with Crippen LogP contribution in [0.15, 0.2) is 0 Å². The van der Waals surface area contributed by atoms with Crippen LogP contribution in [0.3, 0.4) is 0 Å². The van der Waals surface area contributed by atoms with E-state index in [0.29, 0.717) is 19.5 Å². The van der Waals surface area contributed by atoms with Crippen LogP contribution in [0, 0.1) is 11.3 Å². The number of nitrogens with zero attached hydrogens (tertiary/aromatic N) is 1. The van der Waals surface area contributed by atoms with Gasteiger partial charge in [-0.25, -0.2) is 8.42 Å². The van der Waals surface area contributed by atoms with Crippen LogP contribution in [0.1, 0.15) is 40.0 Å². The van der Waals surface area contributed by atoms with Crippen molar-refractivity contribution in [1.82, 2.24) is 10.2 Å². The molecule has 0 radical (unpaired) electrons. The van der Waals surface area contributed by atoms with Gasteiger partial charge in [-0.15, -0.1) is 0 Å². The smallest absolute Gasteiger partial charge is 0.227 e. The summed E-state index contributed by atoms with van der Waals surface area (Å²) < 4.78 is 22.9. The van der Waals surface area contributed by atoms with Crippen molar-refractivity contribution in [1.29, 1.82) is 0 Å². The van der Waals surface area contributed by atoms with Gasteiger partial charge in [0.1, 0.15) is 0 Å². The summed E-state index contributed by atoms with van der Waals surface area (Å²) in [6.07, 6.45) is 2.05. The van der Waals surface area contributed by atoms with Crippen molar-refractivity contribution in [3.05, 3.63) is 0 Å². The van der Waals surface area contributed by atoms with Gasteiger partial charge in [0.2, 0.25) is 11.8 Å². The molecule has 0 aromatic heterocycles. The van der Waals surface area contributed by atoms with Crippen molar-refractivity contribution in [3.8, 4) is 0 Å². The second-order valence-electron chi connectivity index (χ2n) is 7.45. The van der Waals surface area contributed by atoms with Crippen LogP contribution in [0.5, 0.6) is 0 Å². The molecule has 126 valence electrons. The first kappa shape index (κ1) is 17.2. The molecule has 2 unspecified atom stereocenters. The average molecular weight is 330 g/mol. The topological polar surface area (TPSA) is 83.6 Å². The number of sulfone groups is 1.